The third-order valence-corrected chi connectivity index (χ3v) is 6.36. The van der Waals surface area contributed by atoms with E-state index in [2.05, 4.69) is 44.0 Å². The van der Waals surface area contributed by atoms with Gasteiger partial charge in [0, 0.05) is 45.6 Å². The Labute approximate surface area is 191 Å². The van der Waals surface area contributed by atoms with Crippen LogP contribution in [-0.4, -0.2) is 59.5 Å². The molecule has 174 valence electrons. The molecule has 4 rings (SSSR count). The van der Waals surface area contributed by atoms with E-state index in [0.29, 0.717) is 0 Å². The number of aromatic nitrogens is 3. The van der Waals surface area contributed by atoms with Crippen molar-refractivity contribution < 1.29 is 9.47 Å². The van der Waals surface area contributed by atoms with Gasteiger partial charge < -0.3 is 24.3 Å². The second-order valence-corrected chi connectivity index (χ2v) is 8.48. The first-order valence-corrected chi connectivity index (χ1v) is 11.9. The first-order valence-electron chi connectivity index (χ1n) is 11.9. The van der Waals surface area contributed by atoms with Gasteiger partial charge in [0.1, 0.15) is 11.6 Å². The molecule has 0 atom stereocenters. The zero-order chi connectivity index (χ0) is 22.3. The van der Waals surface area contributed by atoms with Gasteiger partial charge in [-0.15, -0.1) is 10.2 Å². The van der Waals surface area contributed by atoms with Crippen LogP contribution in [-0.2, 0) is 32.4 Å². The highest BCUT2D eigenvalue weighted by molar-refractivity contribution is 5.80. The molecule has 0 saturated heterocycles. The fourth-order valence-electron chi connectivity index (χ4n) is 4.64. The molecule has 0 fully saturated rings. The van der Waals surface area contributed by atoms with Crippen molar-refractivity contribution in [1.29, 1.82) is 0 Å². The minimum atomic E-state index is 0.778. The molecule has 0 saturated carbocycles. The molecule has 8 heteroatoms. The highest BCUT2D eigenvalue weighted by atomic mass is 16.5. The van der Waals surface area contributed by atoms with E-state index in [0.717, 1.165) is 87.5 Å². The third-order valence-electron chi connectivity index (χ3n) is 6.36. The first kappa shape index (κ1) is 22.4. The van der Waals surface area contributed by atoms with Gasteiger partial charge in [0.05, 0.1) is 14.2 Å². The Morgan fingerprint density at radius 3 is 2.62 bits per heavy atom. The van der Waals surface area contributed by atoms with Crippen molar-refractivity contribution in [1.82, 2.24) is 25.0 Å². The summed E-state index contributed by atoms with van der Waals surface area (Å²) in [4.78, 5) is 7.27. The van der Waals surface area contributed by atoms with Crippen molar-refractivity contribution >= 4 is 5.96 Å². The molecule has 1 N–H and O–H groups in total. The van der Waals surface area contributed by atoms with E-state index in [9.17, 15) is 0 Å². The summed E-state index contributed by atoms with van der Waals surface area (Å²) < 4.78 is 13.3. The van der Waals surface area contributed by atoms with Crippen LogP contribution in [0.5, 0.6) is 11.5 Å². The molecule has 0 bridgehead atoms. The van der Waals surface area contributed by atoms with E-state index in [4.69, 9.17) is 14.5 Å². The van der Waals surface area contributed by atoms with Crippen LogP contribution in [0.1, 0.15) is 55.4 Å². The van der Waals surface area contributed by atoms with Gasteiger partial charge in [0.15, 0.2) is 17.5 Å². The lowest BCUT2D eigenvalue weighted by Crippen LogP contribution is -2.44. The van der Waals surface area contributed by atoms with Gasteiger partial charge in [0.2, 0.25) is 0 Å². The zero-order valence-corrected chi connectivity index (χ0v) is 19.7. The number of rotatable bonds is 7. The number of nitrogens with one attached hydrogen (secondary N) is 1. The molecule has 32 heavy (non-hydrogen) atoms. The van der Waals surface area contributed by atoms with Gasteiger partial charge in [-0.25, -0.2) is 0 Å². The molecule has 8 nitrogen and oxygen atoms in total. The predicted octanol–water partition coefficient (Wildman–Crippen LogP) is 2.98. The number of ether oxygens (including phenoxy) is 2. The van der Waals surface area contributed by atoms with E-state index in [1.807, 2.05) is 0 Å². The Morgan fingerprint density at radius 2 is 1.84 bits per heavy atom. The van der Waals surface area contributed by atoms with Gasteiger partial charge in [-0.05, 0) is 55.9 Å². The van der Waals surface area contributed by atoms with Gasteiger partial charge in [0.25, 0.3) is 0 Å². The maximum absolute atomic E-state index is 5.51. The lowest BCUT2D eigenvalue weighted by Gasteiger charge is -2.32. The van der Waals surface area contributed by atoms with Crippen LogP contribution in [0.15, 0.2) is 17.1 Å². The minimum Gasteiger partial charge on any atom is -0.493 e. The Kier molecular flexibility index (Phi) is 7.50. The number of guanidine groups is 1. The van der Waals surface area contributed by atoms with Crippen LogP contribution in [0.3, 0.4) is 0 Å². The Bertz CT molecular complexity index is 939. The maximum atomic E-state index is 5.51. The van der Waals surface area contributed by atoms with Crippen molar-refractivity contribution in [2.45, 2.75) is 65.0 Å². The molecule has 2 aliphatic heterocycles. The zero-order valence-electron chi connectivity index (χ0n) is 19.7. The van der Waals surface area contributed by atoms with E-state index < -0.39 is 0 Å². The Hall–Kier alpha value is -2.77. The van der Waals surface area contributed by atoms with Gasteiger partial charge in [-0.2, -0.15) is 0 Å². The largest absolute Gasteiger partial charge is 0.493 e. The normalized spacial score (nSPS) is 16.2. The van der Waals surface area contributed by atoms with E-state index in [1.165, 1.54) is 30.4 Å². The lowest BCUT2D eigenvalue weighted by molar-refractivity contribution is 0.346. The summed E-state index contributed by atoms with van der Waals surface area (Å²) in [6.07, 6.45) is 7.67. The van der Waals surface area contributed by atoms with Crippen molar-refractivity contribution in [3.63, 3.8) is 0 Å². The lowest BCUT2D eigenvalue weighted by atomic mass is 9.99. The number of benzene rings is 1. The number of hydrogen-bond donors (Lipinski definition) is 1. The van der Waals surface area contributed by atoms with E-state index >= 15 is 0 Å². The smallest absolute Gasteiger partial charge is 0.194 e. The first-order chi connectivity index (χ1) is 15.7. The average Bonchev–Trinajstić information content (AvgIpc) is 3.05. The van der Waals surface area contributed by atoms with Crippen LogP contribution >= 0.6 is 0 Å². The monoisotopic (exact) mass is 440 g/mol. The summed E-state index contributed by atoms with van der Waals surface area (Å²) in [6, 6.07) is 4.21. The van der Waals surface area contributed by atoms with Crippen molar-refractivity contribution in [2.24, 2.45) is 4.99 Å². The van der Waals surface area contributed by atoms with Gasteiger partial charge >= 0.3 is 0 Å². The molecule has 0 unspecified atom stereocenters. The molecule has 0 aliphatic carbocycles. The molecule has 2 aromatic rings. The predicted molar refractivity (Wildman–Crippen MR) is 126 cm³/mol. The number of nitrogens with zero attached hydrogens (tertiary/aromatic N) is 5. The summed E-state index contributed by atoms with van der Waals surface area (Å²) in [5.41, 5.74) is 2.59. The van der Waals surface area contributed by atoms with Crippen molar-refractivity contribution in [3.8, 4) is 11.5 Å². The molecular weight excluding hydrogens is 404 g/mol. The number of hydrogen-bond acceptors (Lipinski definition) is 5. The van der Waals surface area contributed by atoms with Gasteiger partial charge in [-0.1, -0.05) is 6.42 Å². The van der Waals surface area contributed by atoms with Crippen LogP contribution in [0, 0.1) is 0 Å². The standard InChI is InChI=1S/C24H36N6O2/c1-4-25-24(26-12-8-10-23-28-27-22-9-6-5-7-13-30(22)23)29-14-11-18-15-20(31-2)21(32-3)16-19(18)17-29/h15-16H,4-14,17H2,1-3H3,(H,25,26). The second kappa shape index (κ2) is 10.7. The third kappa shape index (κ3) is 5.00. The molecular formula is C24H36N6O2. The molecule has 0 radical (unpaired) electrons. The maximum Gasteiger partial charge on any atom is 0.194 e. The summed E-state index contributed by atoms with van der Waals surface area (Å²) in [5, 5.41) is 12.3. The highest BCUT2D eigenvalue weighted by Crippen LogP contribution is 2.33. The number of methoxy groups -OCH3 is 2. The van der Waals surface area contributed by atoms with Crippen LogP contribution in [0.4, 0.5) is 0 Å². The highest BCUT2D eigenvalue weighted by Gasteiger charge is 2.22. The molecule has 3 heterocycles. The molecule has 1 aromatic carbocycles. The topological polar surface area (TPSA) is 76.8 Å². The molecule has 0 spiro atoms. The summed E-state index contributed by atoms with van der Waals surface area (Å²) in [7, 11) is 3.37. The molecule has 0 amide bonds. The van der Waals surface area contributed by atoms with E-state index in [-0.39, 0.29) is 0 Å². The fraction of sp³-hybridized carbons (Fsp3) is 0.625. The SMILES string of the molecule is CCNC(=NCCCc1nnc2n1CCCCC2)N1CCc2cc(OC)c(OC)cc2C1. The number of aliphatic imine (C=N–C) groups is 1. The van der Waals surface area contributed by atoms with Gasteiger partial charge in [-0.3, -0.25) is 4.99 Å². The summed E-state index contributed by atoms with van der Waals surface area (Å²) in [6.45, 7) is 6.56. The Balaban J connectivity index is 1.39. The minimum absolute atomic E-state index is 0.778. The fourth-order valence-corrected chi connectivity index (χ4v) is 4.64. The summed E-state index contributed by atoms with van der Waals surface area (Å²) in [5.74, 6) is 4.84. The number of aryl methyl sites for hydroxylation is 2. The van der Waals surface area contributed by atoms with Crippen LogP contribution < -0.4 is 14.8 Å². The average molecular weight is 441 g/mol. The van der Waals surface area contributed by atoms with E-state index in [1.54, 1.807) is 14.2 Å². The molecule has 1 aromatic heterocycles. The van der Waals surface area contributed by atoms with Crippen molar-refractivity contribution in [2.75, 3.05) is 33.9 Å². The molecule has 2 aliphatic rings. The quantitative estimate of drug-likeness (QED) is 0.405. The van der Waals surface area contributed by atoms with Crippen LogP contribution in [0.2, 0.25) is 0 Å². The second-order valence-electron chi connectivity index (χ2n) is 8.48. The van der Waals surface area contributed by atoms with Crippen LogP contribution in [0.25, 0.3) is 0 Å². The number of fused-ring (bicyclic) bond motifs is 2. The van der Waals surface area contributed by atoms with Crippen molar-refractivity contribution in [3.05, 3.63) is 34.9 Å². The Morgan fingerprint density at radius 1 is 1.03 bits per heavy atom. The summed E-state index contributed by atoms with van der Waals surface area (Å²) >= 11 is 0.